The highest BCUT2D eigenvalue weighted by Crippen LogP contribution is 2.05. The second-order valence-electron chi connectivity index (χ2n) is 4.04. The monoisotopic (exact) mass is 254 g/mol. The van der Waals surface area contributed by atoms with Crippen LogP contribution in [0.1, 0.15) is 18.5 Å². The van der Waals surface area contributed by atoms with Gasteiger partial charge in [-0.1, -0.05) is 0 Å². The molecule has 1 heterocycles. The first-order valence-electron chi connectivity index (χ1n) is 6.18. The van der Waals surface area contributed by atoms with Crippen LogP contribution in [0, 0.1) is 0 Å². The van der Waals surface area contributed by atoms with E-state index in [1.807, 2.05) is 12.3 Å². The molecule has 0 radical (unpaired) electrons. The smallest absolute Gasteiger partial charge is 0.305 e. The number of ether oxygens (including phenoxy) is 2. The number of carbonyl (C=O) groups excluding carboxylic acids is 1. The third kappa shape index (κ3) is 5.33. The van der Waals surface area contributed by atoms with E-state index < -0.39 is 0 Å². The molecule has 1 aromatic rings. The van der Waals surface area contributed by atoms with Gasteiger partial charge in [0.05, 0.1) is 13.7 Å². The minimum Gasteiger partial charge on any atom is -0.469 e. The van der Waals surface area contributed by atoms with Crippen LogP contribution in [-0.4, -0.2) is 37.9 Å². The molecule has 0 aromatic carbocycles. The zero-order valence-corrected chi connectivity index (χ0v) is 11.1. The molecule has 0 aliphatic rings. The normalized spacial score (nSPS) is 10.6. The Morgan fingerprint density at radius 2 is 2.28 bits per heavy atom. The van der Waals surface area contributed by atoms with Crippen LogP contribution in [-0.2, 0) is 27.4 Å². The summed E-state index contributed by atoms with van der Waals surface area (Å²) in [6.45, 7) is 3.20. The highest BCUT2D eigenvalue weighted by atomic mass is 16.5. The number of carbonyl (C=O) groups is 1. The summed E-state index contributed by atoms with van der Waals surface area (Å²) in [7, 11) is 3.11. The zero-order valence-electron chi connectivity index (χ0n) is 11.1. The van der Waals surface area contributed by atoms with Crippen LogP contribution < -0.4 is 5.32 Å². The molecule has 102 valence electrons. The average Bonchev–Trinajstić information content (AvgIpc) is 2.82. The van der Waals surface area contributed by atoms with E-state index in [1.54, 1.807) is 7.11 Å². The molecule has 5 heteroatoms. The fourth-order valence-electron chi connectivity index (χ4n) is 1.71. The zero-order chi connectivity index (χ0) is 13.2. The quantitative estimate of drug-likeness (QED) is 0.531. The van der Waals surface area contributed by atoms with Crippen molar-refractivity contribution in [3.8, 4) is 0 Å². The molecule has 0 fully saturated rings. The summed E-state index contributed by atoms with van der Waals surface area (Å²) in [5.74, 6) is -0.151. The van der Waals surface area contributed by atoms with Gasteiger partial charge in [0, 0.05) is 45.1 Å². The Labute approximate surface area is 108 Å². The Morgan fingerprint density at radius 1 is 1.44 bits per heavy atom. The summed E-state index contributed by atoms with van der Waals surface area (Å²) in [5, 5.41) is 3.30. The van der Waals surface area contributed by atoms with Gasteiger partial charge in [0.1, 0.15) is 0 Å². The molecule has 0 aliphatic heterocycles. The number of nitrogens with zero attached hydrogens (tertiary/aromatic N) is 1. The van der Waals surface area contributed by atoms with Gasteiger partial charge in [0.15, 0.2) is 0 Å². The number of hydrogen-bond donors (Lipinski definition) is 1. The first-order valence-corrected chi connectivity index (χ1v) is 6.18. The lowest BCUT2D eigenvalue weighted by Gasteiger charge is -2.09. The van der Waals surface area contributed by atoms with E-state index in [9.17, 15) is 4.79 Å². The molecular formula is C13H22N2O3. The van der Waals surface area contributed by atoms with Gasteiger partial charge >= 0.3 is 5.97 Å². The van der Waals surface area contributed by atoms with Gasteiger partial charge in [-0.05, 0) is 18.6 Å². The summed E-state index contributed by atoms with van der Waals surface area (Å²) < 4.78 is 11.7. The third-order valence-corrected chi connectivity index (χ3v) is 2.72. The SMILES string of the molecule is COCCNCc1cccn1CCCC(=O)OC. The van der Waals surface area contributed by atoms with Crippen molar-refractivity contribution in [1.29, 1.82) is 0 Å². The Balaban J connectivity index is 2.28. The standard InChI is InChI=1S/C13H22N2O3/c1-17-10-7-14-11-12-5-3-8-15(12)9-4-6-13(16)18-2/h3,5,8,14H,4,6-7,9-11H2,1-2H3. The van der Waals surface area contributed by atoms with Gasteiger partial charge in [-0.3, -0.25) is 4.79 Å². The van der Waals surface area contributed by atoms with Crippen molar-refractivity contribution < 1.29 is 14.3 Å². The Bertz CT molecular complexity index is 350. The van der Waals surface area contributed by atoms with Gasteiger partial charge in [-0.25, -0.2) is 0 Å². The number of aryl methyl sites for hydroxylation is 1. The highest BCUT2D eigenvalue weighted by Gasteiger charge is 2.03. The molecular weight excluding hydrogens is 232 g/mol. The van der Waals surface area contributed by atoms with E-state index in [4.69, 9.17) is 4.74 Å². The molecule has 18 heavy (non-hydrogen) atoms. The van der Waals surface area contributed by atoms with Crippen molar-refractivity contribution in [3.63, 3.8) is 0 Å². The van der Waals surface area contributed by atoms with E-state index in [-0.39, 0.29) is 5.97 Å². The fourth-order valence-corrected chi connectivity index (χ4v) is 1.71. The van der Waals surface area contributed by atoms with E-state index in [0.717, 1.165) is 26.1 Å². The van der Waals surface area contributed by atoms with Gasteiger partial charge < -0.3 is 19.4 Å². The number of esters is 1. The molecule has 5 nitrogen and oxygen atoms in total. The molecule has 0 spiro atoms. The molecule has 1 rings (SSSR count). The van der Waals surface area contributed by atoms with Crippen molar-refractivity contribution in [1.82, 2.24) is 9.88 Å². The molecule has 0 saturated heterocycles. The number of methoxy groups -OCH3 is 2. The van der Waals surface area contributed by atoms with Gasteiger partial charge in [0.2, 0.25) is 0 Å². The van der Waals surface area contributed by atoms with Gasteiger partial charge in [-0.15, -0.1) is 0 Å². The van der Waals surface area contributed by atoms with E-state index in [1.165, 1.54) is 12.8 Å². The minimum absolute atomic E-state index is 0.151. The lowest BCUT2D eigenvalue weighted by molar-refractivity contribution is -0.140. The van der Waals surface area contributed by atoms with Crippen LogP contribution in [0.3, 0.4) is 0 Å². The maximum atomic E-state index is 11.0. The van der Waals surface area contributed by atoms with Crippen LogP contribution in [0.2, 0.25) is 0 Å². The molecule has 0 saturated carbocycles. The topological polar surface area (TPSA) is 52.5 Å². The second kappa shape index (κ2) is 8.72. The van der Waals surface area contributed by atoms with Gasteiger partial charge in [0.25, 0.3) is 0 Å². The van der Waals surface area contributed by atoms with Crippen molar-refractivity contribution in [3.05, 3.63) is 24.0 Å². The minimum atomic E-state index is -0.151. The summed E-state index contributed by atoms with van der Waals surface area (Å²) in [6, 6.07) is 4.10. The summed E-state index contributed by atoms with van der Waals surface area (Å²) in [6.07, 6.45) is 3.29. The number of hydrogen-bond acceptors (Lipinski definition) is 4. The van der Waals surface area contributed by atoms with Gasteiger partial charge in [-0.2, -0.15) is 0 Å². The van der Waals surface area contributed by atoms with Crippen molar-refractivity contribution in [2.75, 3.05) is 27.4 Å². The molecule has 1 aromatic heterocycles. The fraction of sp³-hybridized carbons (Fsp3) is 0.615. The lowest BCUT2D eigenvalue weighted by atomic mass is 10.3. The number of rotatable bonds is 9. The highest BCUT2D eigenvalue weighted by molar-refractivity contribution is 5.68. The number of aromatic nitrogens is 1. The number of nitrogens with one attached hydrogen (secondary N) is 1. The average molecular weight is 254 g/mol. The predicted octanol–water partition coefficient (Wildman–Crippen LogP) is 1.18. The molecule has 0 atom stereocenters. The van der Waals surface area contributed by atoms with Crippen LogP contribution in [0.5, 0.6) is 0 Å². The molecule has 1 N–H and O–H groups in total. The molecule has 0 aliphatic carbocycles. The van der Waals surface area contributed by atoms with Crippen molar-refractivity contribution in [2.24, 2.45) is 0 Å². The Kier molecular flexibility index (Phi) is 7.13. The maximum Gasteiger partial charge on any atom is 0.305 e. The summed E-state index contributed by atoms with van der Waals surface area (Å²) in [4.78, 5) is 11.0. The predicted molar refractivity (Wildman–Crippen MR) is 69.3 cm³/mol. The molecule has 0 unspecified atom stereocenters. The lowest BCUT2D eigenvalue weighted by Crippen LogP contribution is -2.20. The van der Waals surface area contributed by atoms with Crippen LogP contribution >= 0.6 is 0 Å². The van der Waals surface area contributed by atoms with E-state index in [0.29, 0.717) is 13.0 Å². The molecule has 0 amide bonds. The van der Waals surface area contributed by atoms with Crippen LogP contribution in [0.4, 0.5) is 0 Å². The summed E-state index contributed by atoms with van der Waals surface area (Å²) in [5.41, 5.74) is 1.22. The summed E-state index contributed by atoms with van der Waals surface area (Å²) >= 11 is 0. The van der Waals surface area contributed by atoms with Crippen molar-refractivity contribution >= 4 is 5.97 Å². The first-order chi connectivity index (χ1) is 8.77. The largest absolute Gasteiger partial charge is 0.469 e. The van der Waals surface area contributed by atoms with Crippen LogP contribution in [0.15, 0.2) is 18.3 Å². The van der Waals surface area contributed by atoms with Crippen molar-refractivity contribution in [2.45, 2.75) is 25.9 Å². The first kappa shape index (κ1) is 14.7. The maximum absolute atomic E-state index is 11.0. The van der Waals surface area contributed by atoms with E-state index in [2.05, 4.69) is 20.7 Å². The van der Waals surface area contributed by atoms with E-state index >= 15 is 0 Å². The van der Waals surface area contributed by atoms with Crippen LogP contribution in [0.25, 0.3) is 0 Å². The molecule has 0 bridgehead atoms. The second-order valence-corrected chi connectivity index (χ2v) is 4.04. The Hall–Kier alpha value is -1.33. The Morgan fingerprint density at radius 3 is 3.00 bits per heavy atom. The third-order valence-electron chi connectivity index (χ3n) is 2.72.